The summed E-state index contributed by atoms with van der Waals surface area (Å²) in [6.07, 6.45) is 0. The zero-order chi connectivity index (χ0) is 7.65. The molecule has 52 valence electrons. The van der Waals surface area contributed by atoms with Gasteiger partial charge in [0.15, 0.2) is 0 Å². The second kappa shape index (κ2) is 2.19. The molecule has 0 bridgehead atoms. The first-order valence-corrected chi connectivity index (χ1v) is 4.22. The summed E-state index contributed by atoms with van der Waals surface area (Å²) in [5, 5.41) is 0. The molecule has 0 spiro atoms. The molecule has 0 aromatic carbocycles. The molecule has 0 aliphatic carbocycles. The van der Waals surface area contributed by atoms with E-state index in [4.69, 9.17) is 0 Å². The molecular weight excluding hydrogens is 143 g/mol. The molecule has 0 aromatic rings. The Morgan fingerprint density at radius 3 is 1.44 bits per heavy atom. The summed E-state index contributed by atoms with van der Waals surface area (Å²) in [6.45, 7) is 0.942. The molecule has 0 saturated heterocycles. The van der Waals surface area contributed by atoms with Gasteiger partial charge < -0.3 is 16.0 Å². The van der Waals surface area contributed by atoms with Crippen LogP contribution in [0.5, 0.6) is 0 Å². The third kappa shape index (κ3) is 1.54. The molecular formula is C3H7N2O3P. The number of nitrogens with two attached hydrogens (primary N) is 2. The summed E-state index contributed by atoms with van der Waals surface area (Å²) in [5.74, 6) is 0. The van der Waals surface area contributed by atoms with Crippen LogP contribution in [0.4, 0.5) is 9.59 Å². The minimum Gasteiger partial charge on any atom is -0.363 e. The summed E-state index contributed by atoms with van der Waals surface area (Å²) < 4.78 is 10.7. The van der Waals surface area contributed by atoms with Gasteiger partial charge in [0.25, 0.3) is 18.4 Å². The van der Waals surface area contributed by atoms with E-state index < -0.39 is 18.4 Å². The lowest BCUT2D eigenvalue weighted by atomic mass is 11.4. The Kier molecular flexibility index (Phi) is 1.99. The fourth-order valence-corrected chi connectivity index (χ4v) is 0.326. The lowest BCUT2D eigenvalue weighted by Crippen LogP contribution is -2.19. The summed E-state index contributed by atoms with van der Waals surface area (Å²) in [4.78, 5) is 20.2. The van der Waals surface area contributed by atoms with Crippen molar-refractivity contribution in [2.45, 2.75) is 0 Å². The minimum atomic E-state index is -3.56. The van der Waals surface area contributed by atoms with Crippen molar-refractivity contribution in [3.63, 3.8) is 0 Å². The first kappa shape index (κ1) is 8.17. The van der Waals surface area contributed by atoms with Crippen LogP contribution in [0.15, 0.2) is 0 Å². The van der Waals surface area contributed by atoms with E-state index in [9.17, 15) is 14.2 Å². The van der Waals surface area contributed by atoms with Crippen LogP contribution in [0.2, 0.25) is 0 Å². The largest absolute Gasteiger partial charge is 0.363 e. The first-order valence-electron chi connectivity index (χ1n) is 2.06. The van der Waals surface area contributed by atoms with Crippen LogP contribution in [0.1, 0.15) is 0 Å². The topological polar surface area (TPSA) is 103 Å². The van der Waals surface area contributed by atoms with E-state index >= 15 is 0 Å². The average molecular weight is 150 g/mol. The molecule has 0 aliphatic rings. The van der Waals surface area contributed by atoms with Gasteiger partial charge in [-0.1, -0.05) is 0 Å². The van der Waals surface area contributed by atoms with Gasteiger partial charge in [0.05, 0.1) is 0 Å². The molecule has 0 fully saturated rings. The van der Waals surface area contributed by atoms with Crippen LogP contribution in [-0.2, 0) is 4.57 Å². The molecule has 0 radical (unpaired) electrons. The maximum atomic E-state index is 10.7. The Hall–Kier alpha value is -0.830. The number of primary amides is 2. The van der Waals surface area contributed by atoms with Gasteiger partial charge in [0.1, 0.15) is 0 Å². The Balaban J connectivity index is 4.61. The van der Waals surface area contributed by atoms with Crippen molar-refractivity contribution in [1.82, 2.24) is 0 Å². The van der Waals surface area contributed by atoms with Gasteiger partial charge in [0, 0.05) is 6.66 Å². The molecule has 0 saturated carbocycles. The molecule has 0 rings (SSSR count). The van der Waals surface area contributed by atoms with Crippen molar-refractivity contribution >= 4 is 18.4 Å². The Morgan fingerprint density at radius 2 is 1.44 bits per heavy atom. The van der Waals surface area contributed by atoms with Crippen molar-refractivity contribution in [2.24, 2.45) is 11.5 Å². The molecule has 0 aromatic heterocycles. The zero-order valence-corrected chi connectivity index (χ0v) is 5.72. The lowest BCUT2D eigenvalue weighted by molar-refractivity contribution is 0.260. The van der Waals surface area contributed by atoms with Crippen LogP contribution in [-0.4, -0.2) is 18.0 Å². The number of hydrogen-bond acceptors (Lipinski definition) is 3. The van der Waals surface area contributed by atoms with Crippen LogP contribution in [0, 0.1) is 0 Å². The maximum Gasteiger partial charge on any atom is 0.285 e. The molecule has 0 aliphatic heterocycles. The second-order valence-electron chi connectivity index (χ2n) is 1.60. The van der Waals surface area contributed by atoms with E-state index in [1.807, 2.05) is 0 Å². The van der Waals surface area contributed by atoms with E-state index in [-0.39, 0.29) is 0 Å². The van der Waals surface area contributed by atoms with Gasteiger partial charge in [-0.3, -0.25) is 9.59 Å². The molecule has 4 N–H and O–H groups in total. The number of rotatable bonds is 2. The fourth-order valence-electron chi connectivity index (χ4n) is 0.109. The van der Waals surface area contributed by atoms with Crippen LogP contribution < -0.4 is 11.5 Å². The van der Waals surface area contributed by atoms with E-state index in [0.29, 0.717) is 0 Å². The van der Waals surface area contributed by atoms with E-state index in [2.05, 4.69) is 11.5 Å². The smallest absolute Gasteiger partial charge is 0.285 e. The van der Waals surface area contributed by atoms with Gasteiger partial charge in [0.2, 0.25) is 0 Å². The molecule has 5 nitrogen and oxygen atoms in total. The minimum absolute atomic E-state index is 0.942. The monoisotopic (exact) mass is 150 g/mol. The van der Waals surface area contributed by atoms with Crippen molar-refractivity contribution in [3.8, 4) is 0 Å². The third-order valence-corrected chi connectivity index (χ3v) is 2.52. The zero-order valence-electron chi connectivity index (χ0n) is 4.83. The normalized spacial score (nSPS) is 10.8. The van der Waals surface area contributed by atoms with Crippen LogP contribution in [0.3, 0.4) is 0 Å². The Labute approximate surface area is 51.8 Å². The highest BCUT2D eigenvalue weighted by Crippen LogP contribution is 2.39. The molecule has 0 heterocycles. The van der Waals surface area contributed by atoms with Gasteiger partial charge in [-0.15, -0.1) is 0 Å². The van der Waals surface area contributed by atoms with Crippen molar-refractivity contribution in [1.29, 1.82) is 0 Å². The quantitative estimate of drug-likeness (QED) is 0.547. The first-order chi connectivity index (χ1) is 3.89. The SMILES string of the molecule is CP(=O)(C(N)=O)C(N)=O. The third-order valence-electron chi connectivity index (χ3n) is 0.841. The van der Waals surface area contributed by atoms with Gasteiger partial charge in [-0.25, -0.2) is 0 Å². The van der Waals surface area contributed by atoms with E-state index in [1.54, 1.807) is 0 Å². The summed E-state index contributed by atoms with van der Waals surface area (Å²) in [7, 11) is -3.56. The van der Waals surface area contributed by atoms with Gasteiger partial charge in [-0.05, 0) is 0 Å². The van der Waals surface area contributed by atoms with Crippen LogP contribution >= 0.6 is 7.14 Å². The Bertz CT molecular complexity index is 181. The highest BCUT2D eigenvalue weighted by Gasteiger charge is 2.29. The predicted octanol–water partition coefficient (Wildman–Crippen LogP) is 0.137. The van der Waals surface area contributed by atoms with Gasteiger partial charge in [-0.2, -0.15) is 0 Å². The van der Waals surface area contributed by atoms with E-state index in [1.165, 1.54) is 0 Å². The lowest BCUT2D eigenvalue weighted by Gasteiger charge is -1.99. The number of carbonyl (C=O) groups excluding carboxylic acids is 2. The standard InChI is InChI=1S/C3H7N2O3P/c1-9(8,2(4)6)3(5)7/h1H3,(H2,4,6)(H2,5,7). The highest BCUT2D eigenvalue weighted by atomic mass is 31.2. The average Bonchev–Trinajstić information content (AvgIpc) is 1.65. The predicted molar refractivity (Wildman–Crippen MR) is 32.7 cm³/mol. The van der Waals surface area contributed by atoms with Crippen molar-refractivity contribution < 1.29 is 14.2 Å². The fraction of sp³-hybridized carbons (Fsp3) is 0.333. The molecule has 0 atom stereocenters. The van der Waals surface area contributed by atoms with Crippen molar-refractivity contribution in [3.05, 3.63) is 0 Å². The number of amides is 2. The Morgan fingerprint density at radius 1 is 1.22 bits per heavy atom. The van der Waals surface area contributed by atoms with E-state index in [0.717, 1.165) is 6.66 Å². The summed E-state index contributed by atoms with van der Waals surface area (Å²) in [5.41, 5.74) is 6.85. The second-order valence-corrected chi connectivity index (χ2v) is 4.33. The molecule has 6 heteroatoms. The van der Waals surface area contributed by atoms with Gasteiger partial charge >= 0.3 is 0 Å². The van der Waals surface area contributed by atoms with Crippen molar-refractivity contribution in [2.75, 3.05) is 6.66 Å². The molecule has 0 unspecified atom stereocenters. The highest BCUT2D eigenvalue weighted by molar-refractivity contribution is 7.93. The summed E-state index contributed by atoms with van der Waals surface area (Å²) >= 11 is 0. The molecule has 2 amide bonds. The molecule has 9 heavy (non-hydrogen) atoms. The number of carbonyl (C=O) groups is 2. The van der Waals surface area contributed by atoms with Crippen LogP contribution in [0.25, 0.3) is 0 Å². The maximum absolute atomic E-state index is 10.7. The summed E-state index contributed by atoms with van der Waals surface area (Å²) in [6, 6.07) is 0. The number of hydrogen-bond donors (Lipinski definition) is 2.